The van der Waals surface area contributed by atoms with Gasteiger partial charge in [0.25, 0.3) is 0 Å². The van der Waals surface area contributed by atoms with Gasteiger partial charge in [-0.2, -0.15) is 0 Å². The van der Waals surface area contributed by atoms with Crippen molar-refractivity contribution in [3.05, 3.63) is 29.3 Å². The molecule has 0 aliphatic heterocycles. The van der Waals surface area contributed by atoms with Crippen molar-refractivity contribution in [2.24, 2.45) is 5.73 Å². The number of carbonyl (C=O) groups excluding carboxylic acids is 1. The Balaban J connectivity index is 1.94. The average Bonchev–Trinajstić information content (AvgIpc) is 2.81. The van der Waals surface area contributed by atoms with Crippen molar-refractivity contribution in [3.8, 4) is 0 Å². The summed E-state index contributed by atoms with van der Waals surface area (Å²) in [6.45, 7) is 0.487. The molecule has 5 heteroatoms. The first kappa shape index (κ1) is 13.2. The zero-order valence-electron chi connectivity index (χ0n) is 10.2. The number of hydrogen-bond donors (Lipinski definition) is 3. The summed E-state index contributed by atoms with van der Waals surface area (Å²) in [5.74, 6) is 0. The van der Waals surface area contributed by atoms with Crippen molar-refractivity contribution in [2.45, 2.75) is 31.2 Å². The quantitative estimate of drug-likeness (QED) is 0.788. The van der Waals surface area contributed by atoms with Crippen LogP contribution in [0.3, 0.4) is 0 Å². The minimum atomic E-state index is -0.226. The SMILES string of the molecule is NCC1(NC(=O)Nc2ccc(Cl)cc2)CCCC1. The van der Waals surface area contributed by atoms with Gasteiger partial charge in [-0.15, -0.1) is 0 Å². The van der Waals surface area contributed by atoms with E-state index < -0.39 is 0 Å². The molecule has 0 unspecified atom stereocenters. The average molecular weight is 268 g/mol. The molecule has 1 aliphatic carbocycles. The van der Waals surface area contributed by atoms with Crippen LogP contribution in [0.1, 0.15) is 25.7 Å². The van der Waals surface area contributed by atoms with Crippen LogP contribution in [0.15, 0.2) is 24.3 Å². The molecule has 1 fully saturated rings. The molecule has 2 amide bonds. The maximum atomic E-state index is 11.9. The van der Waals surface area contributed by atoms with Crippen molar-refractivity contribution in [2.75, 3.05) is 11.9 Å². The van der Waals surface area contributed by atoms with Crippen molar-refractivity contribution < 1.29 is 4.79 Å². The molecule has 1 aromatic rings. The lowest BCUT2D eigenvalue weighted by Crippen LogP contribution is -2.53. The van der Waals surface area contributed by atoms with Crippen LogP contribution in [-0.2, 0) is 0 Å². The number of rotatable bonds is 3. The van der Waals surface area contributed by atoms with Crippen molar-refractivity contribution in [3.63, 3.8) is 0 Å². The van der Waals surface area contributed by atoms with E-state index in [4.69, 9.17) is 17.3 Å². The van der Waals surface area contributed by atoms with Crippen LogP contribution in [0.2, 0.25) is 5.02 Å². The Morgan fingerprint density at radius 3 is 2.44 bits per heavy atom. The van der Waals surface area contributed by atoms with Gasteiger partial charge in [0, 0.05) is 17.3 Å². The smallest absolute Gasteiger partial charge is 0.319 e. The first-order chi connectivity index (χ1) is 8.63. The lowest BCUT2D eigenvalue weighted by molar-refractivity contribution is 0.237. The van der Waals surface area contributed by atoms with E-state index in [9.17, 15) is 4.79 Å². The van der Waals surface area contributed by atoms with E-state index in [0.29, 0.717) is 11.6 Å². The predicted octanol–water partition coefficient (Wildman–Crippen LogP) is 2.73. The Labute approximate surface area is 112 Å². The Bertz CT molecular complexity index is 413. The van der Waals surface area contributed by atoms with Gasteiger partial charge in [0.05, 0.1) is 5.54 Å². The van der Waals surface area contributed by atoms with Gasteiger partial charge in [-0.05, 0) is 37.1 Å². The summed E-state index contributed by atoms with van der Waals surface area (Å²) in [6, 6.07) is 6.82. The van der Waals surface area contributed by atoms with Crippen molar-refractivity contribution in [1.82, 2.24) is 5.32 Å². The molecule has 0 radical (unpaired) electrons. The second-order valence-electron chi connectivity index (χ2n) is 4.78. The van der Waals surface area contributed by atoms with Gasteiger partial charge in [-0.3, -0.25) is 0 Å². The molecule has 0 aromatic heterocycles. The molecular formula is C13H18ClN3O. The van der Waals surface area contributed by atoms with Crippen LogP contribution < -0.4 is 16.4 Å². The van der Waals surface area contributed by atoms with Gasteiger partial charge in [0.1, 0.15) is 0 Å². The summed E-state index contributed by atoms with van der Waals surface area (Å²) in [7, 11) is 0. The molecule has 1 aliphatic rings. The third-order valence-corrected chi connectivity index (χ3v) is 3.68. The monoisotopic (exact) mass is 267 g/mol. The van der Waals surface area contributed by atoms with Crippen LogP contribution in [0.4, 0.5) is 10.5 Å². The fourth-order valence-electron chi connectivity index (χ4n) is 2.37. The van der Waals surface area contributed by atoms with Crippen molar-refractivity contribution in [1.29, 1.82) is 0 Å². The van der Waals surface area contributed by atoms with Crippen LogP contribution in [0.25, 0.3) is 0 Å². The second kappa shape index (κ2) is 5.59. The zero-order valence-corrected chi connectivity index (χ0v) is 11.0. The van der Waals surface area contributed by atoms with E-state index in [1.165, 1.54) is 0 Å². The third-order valence-electron chi connectivity index (χ3n) is 3.43. The molecule has 4 N–H and O–H groups in total. The summed E-state index contributed by atoms with van der Waals surface area (Å²) in [5.41, 5.74) is 6.27. The number of halogens is 1. The Morgan fingerprint density at radius 2 is 1.89 bits per heavy atom. The minimum absolute atomic E-state index is 0.204. The molecule has 0 atom stereocenters. The Kier molecular flexibility index (Phi) is 4.09. The summed E-state index contributed by atoms with van der Waals surface area (Å²) in [5, 5.41) is 6.44. The molecule has 1 saturated carbocycles. The van der Waals surface area contributed by atoms with Crippen LogP contribution in [-0.4, -0.2) is 18.1 Å². The van der Waals surface area contributed by atoms with Gasteiger partial charge in [-0.1, -0.05) is 24.4 Å². The molecular weight excluding hydrogens is 250 g/mol. The molecule has 2 rings (SSSR count). The molecule has 18 heavy (non-hydrogen) atoms. The van der Waals surface area contributed by atoms with Gasteiger partial charge >= 0.3 is 6.03 Å². The predicted molar refractivity (Wildman–Crippen MR) is 73.9 cm³/mol. The lowest BCUT2D eigenvalue weighted by atomic mass is 9.98. The molecule has 0 saturated heterocycles. The van der Waals surface area contributed by atoms with Crippen LogP contribution in [0.5, 0.6) is 0 Å². The Morgan fingerprint density at radius 1 is 1.28 bits per heavy atom. The highest BCUT2D eigenvalue weighted by Gasteiger charge is 2.33. The first-order valence-electron chi connectivity index (χ1n) is 6.18. The number of nitrogens with two attached hydrogens (primary N) is 1. The highest BCUT2D eigenvalue weighted by Crippen LogP contribution is 2.28. The summed E-state index contributed by atoms with van der Waals surface area (Å²) in [4.78, 5) is 11.9. The molecule has 0 heterocycles. The minimum Gasteiger partial charge on any atom is -0.331 e. The largest absolute Gasteiger partial charge is 0.331 e. The molecule has 98 valence electrons. The van der Waals surface area contributed by atoms with E-state index in [-0.39, 0.29) is 11.6 Å². The van der Waals surface area contributed by atoms with E-state index in [1.54, 1.807) is 24.3 Å². The number of urea groups is 1. The Hall–Kier alpha value is -1.26. The topological polar surface area (TPSA) is 67.1 Å². The summed E-state index contributed by atoms with van der Waals surface area (Å²) < 4.78 is 0. The van der Waals surface area contributed by atoms with Gasteiger partial charge in [0.2, 0.25) is 0 Å². The molecule has 0 bridgehead atoms. The van der Waals surface area contributed by atoms with E-state index in [1.807, 2.05) is 0 Å². The fraction of sp³-hybridized carbons (Fsp3) is 0.462. The highest BCUT2D eigenvalue weighted by atomic mass is 35.5. The standard InChI is InChI=1S/C13H18ClN3O/c14-10-3-5-11(6-4-10)16-12(18)17-13(9-15)7-1-2-8-13/h3-6H,1-2,7-9,15H2,(H2,16,17,18). The molecule has 0 spiro atoms. The lowest BCUT2D eigenvalue weighted by Gasteiger charge is -2.28. The number of hydrogen-bond acceptors (Lipinski definition) is 2. The van der Waals surface area contributed by atoms with Gasteiger partial charge in [-0.25, -0.2) is 4.79 Å². The number of nitrogens with one attached hydrogen (secondary N) is 2. The molecule has 1 aromatic carbocycles. The maximum absolute atomic E-state index is 11.9. The number of amides is 2. The third kappa shape index (κ3) is 3.15. The molecule has 4 nitrogen and oxygen atoms in total. The fourth-order valence-corrected chi connectivity index (χ4v) is 2.49. The van der Waals surface area contributed by atoms with Crippen molar-refractivity contribution >= 4 is 23.3 Å². The van der Waals surface area contributed by atoms with Crippen LogP contribution in [0, 0.1) is 0 Å². The van der Waals surface area contributed by atoms with E-state index >= 15 is 0 Å². The first-order valence-corrected chi connectivity index (χ1v) is 6.56. The second-order valence-corrected chi connectivity index (χ2v) is 5.21. The summed E-state index contributed by atoms with van der Waals surface area (Å²) in [6.07, 6.45) is 4.16. The normalized spacial score (nSPS) is 17.4. The van der Waals surface area contributed by atoms with E-state index in [0.717, 1.165) is 31.4 Å². The highest BCUT2D eigenvalue weighted by molar-refractivity contribution is 6.30. The number of carbonyl (C=O) groups is 1. The van der Waals surface area contributed by atoms with Gasteiger partial charge in [0.15, 0.2) is 0 Å². The van der Waals surface area contributed by atoms with Crippen LogP contribution >= 0.6 is 11.6 Å². The van der Waals surface area contributed by atoms with E-state index in [2.05, 4.69) is 10.6 Å². The van der Waals surface area contributed by atoms with Gasteiger partial charge < -0.3 is 16.4 Å². The number of anilines is 1. The maximum Gasteiger partial charge on any atom is 0.319 e. The zero-order chi connectivity index (χ0) is 13.0. The number of benzene rings is 1. The summed E-state index contributed by atoms with van der Waals surface area (Å²) >= 11 is 5.79.